The third kappa shape index (κ3) is 3.22. The molecule has 0 saturated heterocycles. The standard InChI is InChI=1S/C20H22N2O5S/c1-13(20(24)21-15-8-2-3-9-15)27-18(23)12-22-16-10-4-6-14-7-5-11-17(19(14)16)28(22,25)26/h4-7,10-11,13,15H,2-3,8-9,12H2,1H3,(H,21,24)/t13-/m1/s1. The molecule has 1 amide bonds. The van der Waals surface area contributed by atoms with Crippen molar-refractivity contribution in [1.82, 2.24) is 5.32 Å². The van der Waals surface area contributed by atoms with Gasteiger partial charge in [0.15, 0.2) is 6.10 Å². The quantitative estimate of drug-likeness (QED) is 0.775. The molecule has 2 aromatic carbocycles. The molecule has 0 radical (unpaired) electrons. The Kier molecular flexibility index (Phi) is 4.74. The number of amides is 1. The van der Waals surface area contributed by atoms with E-state index in [0.717, 1.165) is 35.4 Å². The first-order valence-corrected chi connectivity index (χ1v) is 10.9. The van der Waals surface area contributed by atoms with Crippen LogP contribution in [0, 0.1) is 0 Å². The molecule has 28 heavy (non-hydrogen) atoms. The molecule has 2 aromatic rings. The largest absolute Gasteiger partial charge is 0.451 e. The molecular weight excluding hydrogens is 380 g/mol. The monoisotopic (exact) mass is 402 g/mol. The summed E-state index contributed by atoms with van der Waals surface area (Å²) in [5, 5.41) is 4.27. The van der Waals surface area contributed by atoms with Crippen LogP contribution in [0.1, 0.15) is 32.6 Å². The summed E-state index contributed by atoms with van der Waals surface area (Å²) in [6.45, 7) is 1.02. The summed E-state index contributed by atoms with van der Waals surface area (Å²) in [5.41, 5.74) is 0.452. The van der Waals surface area contributed by atoms with Gasteiger partial charge in [-0.15, -0.1) is 0 Å². The van der Waals surface area contributed by atoms with Crippen molar-refractivity contribution in [2.45, 2.75) is 49.6 Å². The average molecular weight is 402 g/mol. The van der Waals surface area contributed by atoms with E-state index in [1.165, 1.54) is 13.0 Å². The lowest BCUT2D eigenvalue weighted by Gasteiger charge is -2.20. The first kappa shape index (κ1) is 18.7. The van der Waals surface area contributed by atoms with Crippen LogP contribution in [0.5, 0.6) is 0 Å². The Hall–Kier alpha value is -2.61. The minimum atomic E-state index is -3.84. The van der Waals surface area contributed by atoms with Crippen LogP contribution in [0.25, 0.3) is 10.8 Å². The Morgan fingerprint density at radius 3 is 2.57 bits per heavy atom. The number of nitrogens with one attached hydrogen (secondary N) is 1. The van der Waals surface area contributed by atoms with Gasteiger partial charge >= 0.3 is 5.97 Å². The number of rotatable bonds is 5. The van der Waals surface area contributed by atoms with Crippen molar-refractivity contribution in [2.24, 2.45) is 0 Å². The Labute approximate surface area is 163 Å². The van der Waals surface area contributed by atoms with Crippen molar-refractivity contribution in [3.05, 3.63) is 36.4 Å². The van der Waals surface area contributed by atoms with Gasteiger partial charge in [0, 0.05) is 11.4 Å². The zero-order chi connectivity index (χ0) is 19.9. The number of nitrogens with zero attached hydrogens (tertiary/aromatic N) is 1. The van der Waals surface area contributed by atoms with Crippen molar-refractivity contribution < 1.29 is 22.7 Å². The van der Waals surface area contributed by atoms with E-state index in [9.17, 15) is 18.0 Å². The van der Waals surface area contributed by atoms with E-state index in [1.54, 1.807) is 18.2 Å². The average Bonchev–Trinajstić information content (AvgIpc) is 3.24. The van der Waals surface area contributed by atoms with Gasteiger partial charge in [-0.25, -0.2) is 8.42 Å². The SMILES string of the molecule is C[C@@H](OC(=O)CN1c2cccc3cccc(c23)S1(=O)=O)C(=O)NC1CCCC1. The van der Waals surface area contributed by atoms with Gasteiger partial charge in [0.05, 0.1) is 10.6 Å². The number of sulfonamides is 1. The first-order valence-electron chi connectivity index (χ1n) is 9.42. The highest BCUT2D eigenvalue weighted by Crippen LogP contribution is 2.41. The molecular formula is C20H22N2O5S. The van der Waals surface area contributed by atoms with E-state index in [-0.39, 0.29) is 16.8 Å². The first-order chi connectivity index (χ1) is 13.4. The molecule has 1 heterocycles. The number of anilines is 1. The minimum absolute atomic E-state index is 0.125. The Bertz CT molecular complexity index is 1040. The fourth-order valence-corrected chi connectivity index (χ4v) is 5.58. The maximum absolute atomic E-state index is 12.9. The zero-order valence-electron chi connectivity index (χ0n) is 15.6. The molecule has 148 valence electrons. The summed E-state index contributed by atoms with van der Waals surface area (Å²) in [4.78, 5) is 24.8. The van der Waals surface area contributed by atoms with Crippen LogP contribution in [0.3, 0.4) is 0 Å². The summed E-state index contributed by atoms with van der Waals surface area (Å²) < 4.78 is 32.0. The van der Waals surface area contributed by atoms with Crippen molar-refractivity contribution in [2.75, 3.05) is 10.8 Å². The summed E-state index contributed by atoms with van der Waals surface area (Å²) in [6, 6.07) is 10.4. The van der Waals surface area contributed by atoms with Crippen molar-refractivity contribution in [3.63, 3.8) is 0 Å². The van der Waals surface area contributed by atoms with Gasteiger partial charge in [-0.1, -0.05) is 37.1 Å². The number of hydrogen-bond donors (Lipinski definition) is 1. The molecule has 1 atom stereocenters. The van der Waals surface area contributed by atoms with Crippen LogP contribution in [0.15, 0.2) is 41.3 Å². The molecule has 1 aliphatic carbocycles. The van der Waals surface area contributed by atoms with E-state index >= 15 is 0 Å². The summed E-state index contributed by atoms with van der Waals surface area (Å²) >= 11 is 0. The second-order valence-electron chi connectivity index (χ2n) is 7.27. The number of carbonyl (C=O) groups excluding carboxylic acids is 2. The van der Waals surface area contributed by atoms with Gasteiger partial charge in [0.1, 0.15) is 6.54 Å². The fourth-order valence-electron chi connectivity index (χ4n) is 3.92. The topological polar surface area (TPSA) is 92.8 Å². The van der Waals surface area contributed by atoms with Gasteiger partial charge in [-0.05, 0) is 37.3 Å². The highest BCUT2D eigenvalue weighted by molar-refractivity contribution is 7.93. The second-order valence-corrected chi connectivity index (χ2v) is 9.10. The molecule has 1 aliphatic heterocycles. The highest BCUT2D eigenvalue weighted by Gasteiger charge is 2.37. The van der Waals surface area contributed by atoms with E-state index in [4.69, 9.17) is 4.74 Å². The van der Waals surface area contributed by atoms with Gasteiger partial charge in [-0.3, -0.25) is 13.9 Å². The van der Waals surface area contributed by atoms with E-state index in [2.05, 4.69) is 5.32 Å². The lowest BCUT2D eigenvalue weighted by atomic mass is 10.1. The number of ether oxygens (including phenoxy) is 1. The second kappa shape index (κ2) is 7.09. The van der Waals surface area contributed by atoms with Crippen molar-refractivity contribution in [3.8, 4) is 0 Å². The zero-order valence-corrected chi connectivity index (χ0v) is 16.4. The van der Waals surface area contributed by atoms with Gasteiger partial charge in [0.25, 0.3) is 15.9 Å². The molecule has 0 bridgehead atoms. The molecule has 0 spiro atoms. The van der Waals surface area contributed by atoms with Gasteiger partial charge in [0.2, 0.25) is 0 Å². The normalized spacial score (nSPS) is 19.0. The summed E-state index contributed by atoms with van der Waals surface area (Å²) in [5.74, 6) is -1.11. The smallest absolute Gasteiger partial charge is 0.327 e. The molecule has 7 nitrogen and oxygen atoms in total. The van der Waals surface area contributed by atoms with Crippen molar-refractivity contribution >= 4 is 38.4 Å². The van der Waals surface area contributed by atoms with Crippen molar-refractivity contribution in [1.29, 1.82) is 0 Å². The lowest BCUT2D eigenvalue weighted by Crippen LogP contribution is -2.42. The number of esters is 1. The maximum atomic E-state index is 12.9. The molecule has 1 saturated carbocycles. The van der Waals surface area contributed by atoms with Crippen LogP contribution in [-0.2, 0) is 24.3 Å². The number of benzene rings is 2. The van der Waals surface area contributed by atoms with Crippen LogP contribution in [0.2, 0.25) is 0 Å². The highest BCUT2D eigenvalue weighted by atomic mass is 32.2. The maximum Gasteiger partial charge on any atom is 0.327 e. The van der Waals surface area contributed by atoms with E-state index < -0.39 is 28.6 Å². The third-order valence-corrected chi connectivity index (χ3v) is 7.14. The fraction of sp³-hybridized carbons (Fsp3) is 0.400. The molecule has 2 aliphatic rings. The van der Waals surface area contributed by atoms with Crippen LogP contribution >= 0.6 is 0 Å². The van der Waals surface area contributed by atoms with Gasteiger partial charge in [-0.2, -0.15) is 0 Å². The summed E-state index contributed by atoms with van der Waals surface area (Å²) in [6.07, 6.45) is 3.05. The predicted octanol–water partition coefficient (Wildman–Crippen LogP) is 2.34. The lowest BCUT2D eigenvalue weighted by molar-refractivity contribution is -0.153. The predicted molar refractivity (Wildman–Crippen MR) is 104 cm³/mol. The number of hydrogen-bond acceptors (Lipinski definition) is 5. The number of carbonyl (C=O) groups is 2. The molecule has 8 heteroatoms. The third-order valence-electron chi connectivity index (χ3n) is 5.33. The Balaban J connectivity index is 1.48. The summed E-state index contributed by atoms with van der Waals surface area (Å²) in [7, 11) is -3.84. The molecule has 1 N–H and O–H groups in total. The van der Waals surface area contributed by atoms with Gasteiger partial charge < -0.3 is 10.1 Å². The molecule has 4 rings (SSSR count). The Morgan fingerprint density at radius 1 is 1.18 bits per heavy atom. The molecule has 1 fully saturated rings. The van der Waals surface area contributed by atoms with Crippen LogP contribution in [-0.4, -0.2) is 39.0 Å². The molecule has 0 unspecified atom stereocenters. The van der Waals surface area contributed by atoms with E-state index in [1.807, 2.05) is 12.1 Å². The molecule has 0 aromatic heterocycles. The Morgan fingerprint density at radius 2 is 1.86 bits per heavy atom. The minimum Gasteiger partial charge on any atom is -0.451 e. The van der Waals surface area contributed by atoms with Crippen LogP contribution in [0.4, 0.5) is 5.69 Å². The van der Waals surface area contributed by atoms with E-state index in [0.29, 0.717) is 11.1 Å². The van der Waals surface area contributed by atoms with Crippen LogP contribution < -0.4 is 9.62 Å².